The monoisotopic (exact) mass is 517 g/mol. The Labute approximate surface area is 225 Å². The molecule has 7 nitrogen and oxygen atoms in total. The number of alkyl carbamates (subject to hydrolysis) is 1. The van der Waals surface area contributed by atoms with Crippen LogP contribution in [0.4, 0.5) is 10.5 Å². The van der Waals surface area contributed by atoms with Crippen molar-refractivity contribution < 1.29 is 19.1 Å². The van der Waals surface area contributed by atoms with Gasteiger partial charge in [-0.3, -0.25) is 9.59 Å². The van der Waals surface area contributed by atoms with E-state index in [2.05, 4.69) is 10.6 Å². The second kappa shape index (κ2) is 11.7. The van der Waals surface area contributed by atoms with E-state index in [1.54, 1.807) is 25.7 Å². The second-order valence-corrected chi connectivity index (χ2v) is 11.1. The molecule has 2 N–H and O–H groups in total. The Morgan fingerprint density at radius 1 is 0.895 bits per heavy atom. The van der Waals surface area contributed by atoms with Crippen molar-refractivity contribution in [3.05, 3.63) is 77.9 Å². The number of benzene rings is 3. The first-order valence-electron chi connectivity index (χ1n) is 13.0. The number of nitrogens with zero attached hydrogens (tertiary/aromatic N) is 1. The van der Waals surface area contributed by atoms with Crippen LogP contribution >= 0.6 is 0 Å². The molecule has 0 aliphatic rings. The van der Waals surface area contributed by atoms with Crippen LogP contribution in [-0.2, 0) is 14.3 Å². The number of aryl methyl sites for hydroxylation is 1. The van der Waals surface area contributed by atoms with E-state index in [0.717, 1.165) is 21.9 Å². The minimum atomic E-state index is -0.925. The molecule has 3 aromatic rings. The smallest absolute Gasteiger partial charge is 0.408 e. The first-order chi connectivity index (χ1) is 17.8. The fourth-order valence-electron chi connectivity index (χ4n) is 4.32. The van der Waals surface area contributed by atoms with Crippen LogP contribution in [0, 0.1) is 6.92 Å². The Bertz CT molecular complexity index is 1310. The number of carbonyl (C=O) groups excluding carboxylic acids is 3. The minimum Gasteiger partial charge on any atom is -0.444 e. The van der Waals surface area contributed by atoms with Crippen molar-refractivity contribution in [3.8, 4) is 0 Å². The Hall–Kier alpha value is -3.87. The number of hydrogen-bond donors (Lipinski definition) is 2. The third-order valence-electron chi connectivity index (χ3n) is 6.58. The summed E-state index contributed by atoms with van der Waals surface area (Å²) < 4.78 is 5.31. The summed E-state index contributed by atoms with van der Waals surface area (Å²) in [6, 6.07) is 20.3. The first-order valence-corrected chi connectivity index (χ1v) is 13.0. The number of nitrogens with one attached hydrogen (secondary N) is 2. The molecule has 0 spiro atoms. The molecule has 3 aromatic carbocycles. The molecule has 38 heavy (non-hydrogen) atoms. The molecule has 0 saturated carbocycles. The second-order valence-electron chi connectivity index (χ2n) is 11.1. The quantitative estimate of drug-likeness (QED) is 0.363. The summed E-state index contributed by atoms with van der Waals surface area (Å²) in [6.45, 7) is 12.7. The van der Waals surface area contributed by atoms with Gasteiger partial charge in [-0.2, -0.15) is 0 Å². The predicted octanol–water partition coefficient (Wildman–Crippen LogP) is 6.37. The van der Waals surface area contributed by atoms with Gasteiger partial charge in [-0.25, -0.2) is 4.79 Å². The van der Waals surface area contributed by atoms with E-state index in [1.807, 2.05) is 94.4 Å². The highest BCUT2D eigenvalue weighted by molar-refractivity contribution is 6.00. The zero-order valence-corrected chi connectivity index (χ0v) is 23.4. The van der Waals surface area contributed by atoms with Crippen LogP contribution in [0.3, 0.4) is 0 Å². The number of anilines is 1. The van der Waals surface area contributed by atoms with Crippen molar-refractivity contribution in [2.75, 3.05) is 11.9 Å². The lowest BCUT2D eigenvalue weighted by molar-refractivity contribution is -0.145. The van der Waals surface area contributed by atoms with Gasteiger partial charge < -0.3 is 20.3 Å². The van der Waals surface area contributed by atoms with Gasteiger partial charge in [0, 0.05) is 11.2 Å². The van der Waals surface area contributed by atoms with Crippen LogP contribution < -0.4 is 10.6 Å². The molecule has 0 heterocycles. The van der Waals surface area contributed by atoms with Crippen LogP contribution in [0.25, 0.3) is 10.8 Å². The summed E-state index contributed by atoms with van der Waals surface area (Å²) in [5.41, 5.74) is 0.856. The van der Waals surface area contributed by atoms with E-state index in [-0.39, 0.29) is 18.4 Å². The minimum absolute atomic E-state index is 0.302. The van der Waals surface area contributed by atoms with E-state index < -0.39 is 23.3 Å². The topological polar surface area (TPSA) is 87.7 Å². The Kier molecular flexibility index (Phi) is 8.82. The molecule has 0 fully saturated rings. The molecule has 3 amide bonds. The Balaban J connectivity index is 1.99. The van der Waals surface area contributed by atoms with Gasteiger partial charge in [-0.15, -0.1) is 0 Å². The molecular weight excluding hydrogens is 478 g/mol. The highest BCUT2D eigenvalue weighted by atomic mass is 16.6. The summed E-state index contributed by atoms with van der Waals surface area (Å²) in [7, 11) is 0. The maximum absolute atomic E-state index is 14.0. The van der Waals surface area contributed by atoms with Crippen LogP contribution in [0.1, 0.15) is 65.1 Å². The van der Waals surface area contributed by atoms with Crippen molar-refractivity contribution in [1.29, 1.82) is 0 Å². The highest BCUT2D eigenvalue weighted by Crippen LogP contribution is 2.34. The van der Waals surface area contributed by atoms with Gasteiger partial charge in [0.2, 0.25) is 5.91 Å². The number of amides is 3. The first kappa shape index (κ1) is 28.7. The molecule has 0 aromatic heterocycles. The zero-order chi connectivity index (χ0) is 28.1. The molecule has 3 rings (SSSR count). The molecule has 0 saturated heterocycles. The number of fused-ring (bicyclic) bond motifs is 1. The van der Waals surface area contributed by atoms with E-state index in [0.29, 0.717) is 12.1 Å². The highest BCUT2D eigenvalue weighted by Gasteiger charge is 2.40. The summed E-state index contributed by atoms with van der Waals surface area (Å²) in [4.78, 5) is 41.7. The third kappa shape index (κ3) is 7.12. The molecule has 0 aliphatic heterocycles. The van der Waals surface area contributed by atoms with Gasteiger partial charge in [-0.05, 0) is 82.0 Å². The maximum atomic E-state index is 14.0. The fraction of sp³-hybridized carbons (Fsp3) is 0.387. The van der Waals surface area contributed by atoms with Crippen molar-refractivity contribution in [2.24, 2.45) is 0 Å². The normalized spacial score (nSPS) is 12.5. The number of hydrogen-bond acceptors (Lipinski definition) is 4. The van der Waals surface area contributed by atoms with Crippen molar-refractivity contribution >= 4 is 34.4 Å². The van der Waals surface area contributed by atoms with E-state index in [9.17, 15) is 14.4 Å². The predicted molar refractivity (Wildman–Crippen MR) is 152 cm³/mol. The van der Waals surface area contributed by atoms with Crippen LogP contribution in [0.2, 0.25) is 0 Å². The summed E-state index contributed by atoms with van der Waals surface area (Å²) in [5.74, 6) is -0.716. The lowest BCUT2D eigenvalue weighted by Gasteiger charge is -2.43. The van der Waals surface area contributed by atoms with Gasteiger partial charge in [0.05, 0.1) is 0 Å². The molecule has 1 unspecified atom stereocenters. The molecule has 1 atom stereocenters. The van der Waals surface area contributed by atoms with Gasteiger partial charge in [0.1, 0.15) is 18.2 Å². The third-order valence-corrected chi connectivity index (χ3v) is 6.58. The SMILES string of the molecule is CCC(C)(C)N(C(=O)CNC(=O)OC(C)(C)C)C(C(=O)Nc1ccc2ccccc2c1)c1ccccc1C. The average molecular weight is 518 g/mol. The van der Waals surface area contributed by atoms with Crippen LogP contribution in [0.15, 0.2) is 66.7 Å². The molecular formula is C31H39N3O4. The van der Waals surface area contributed by atoms with E-state index in [1.165, 1.54) is 0 Å². The number of carbonyl (C=O) groups is 3. The molecule has 0 bridgehead atoms. The van der Waals surface area contributed by atoms with Gasteiger partial charge in [0.25, 0.3) is 5.91 Å². The molecule has 0 radical (unpaired) electrons. The molecule has 0 aliphatic carbocycles. The molecule has 202 valence electrons. The van der Waals surface area contributed by atoms with E-state index in [4.69, 9.17) is 4.74 Å². The number of ether oxygens (including phenoxy) is 1. The largest absolute Gasteiger partial charge is 0.444 e. The maximum Gasteiger partial charge on any atom is 0.408 e. The van der Waals surface area contributed by atoms with Gasteiger partial charge >= 0.3 is 6.09 Å². The van der Waals surface area contributed by atoms with Crippen LogP contribution in [0.5, 0.6) is 0 Å². The lowest BCUT2D eigenvalue weighted by atomic mass is 9.91. The van der Waals surface area contributed by atoms with Gasteiger partial charge in [-0.1, -0.05) is 61.5 Å². The summed E-state index contributed by atoms with van der Waals surface area (Å²) >= 11 is 0. The average Bonchev–Trinajstić information content (AvgIpc) is 2.85. The summed E-state index contributed by atoms with van der Waals surface area (Å²) in [6.07, 6.45) is -0.0928. The Morgan fingerprint density at radius 2 is 1.53 bits per heavy atom. The lowest BCUT2D eigenvalue weighted by Crippen LogP contribution is -2.55. The van der Waals surface area contributed by atoms with Crippen LogP contribution in [-0.4, -0.2) is 40.5 Å². The van der Waals surface area contributed by atoms with Crippen molar-refractivity contribution in [3.63, 3.8) is 0 Å². The fourth-order valence-corrected chi connectivity index (χ4v) is 4.32. The Morgan fingerprint density at radius 3 is 2.16 bits per heavy atom. The number of rotatable bonds is 8. The molecule has 7 heteroatoms. The standard InChI is InChI=1S/C31H39N3O4/c1-8-31(6,7)34(26(35)20-32-29(37)38-30(3,4)5)27(25-16-12-9-13-21(25)2)28(36)33-24-18-17-22-14-10-11-15-23(22)19-24/h9-19,27H,8,20H2,1-7H3,(H,32,37)(H,33,36). The van der Waals surface area contributed by atoms with E-state index >= 15 is 0 Å². The van der Waals surface area contributed by atoms with Crippen molar-refractivity contribution in [1.82, 2.24) is 10.2 Å². The van der Waals surface area contributed by atoms with Crippen molar-refractivity contribution in [2.45, 2.75) is 72.1 Å². The zero-order valence-electron chi connectivity index (χ0n) is 23.4. The van der Waals surface area contributed by atoms with Gasteiger partial charge in [0.15, 0.2) is 0 Å². The summed E-state index contributed by atoms with van der Waals surface area (Å²) in [5, 5.41) is 7.67.